The molecule has 1 fully saturated rings. The molecule has 1 saturated carbocycles. The quantitative estimate of drug-likeness (QED) is 0.660. The van der Waals surface area contributed by atoms with Gasteiger partial charge in [0, 0.05) is 32.2 Å². The first-order valence-corrected chi connectivity index (χ1v) is 12.6. The molecule has 0 saturated heterocycles. The third kappa shape index (κ3) is 5.76. The van der Waals surface area contributed by atoms with Crippen LogP contribution in [-0.4, -0.2) is 58.1 Å². The monoisotopic (exact) mass is 481 g/mol. The van der Waals surface area contributed by atoms with Gasteiger partial charge in [0.15, 0.2) is 0 Å². The second-order valence-electron chi connectivity index (χ2n) is 11.0. The summed E-state index contributed by atoms with van der Waals surface area (Å²) in [5.74, 6) is -0.358. The molecule has 3 N–H and O–H groups in total. The van der Waals surface area contributed by atoms with Crippen LogP contribution in [0.2, 0.25) is 0 Å². The second-order valence-corrected chi connectivity index (χ2v) is 11.0. The van der Waals surface area contributed by atoms with Gasteiger partial charge in [-0.05, 0) is 29.4 Å². The first-order valence-electron chi connectivity index (χ1n) is 12.6. The molecule has 3 unspecified atom stereocenters. The summed E-state index contributed by atoms with van der Waals surface area (Å²) in [6, 6.07) is 7.92. The minimum absolute atomic E-state index is 0.0427. The van der Waals surface area contributed by atoms with Crippen LogP contribution in [0.3, 0.4) is 0 Å². The maximum absolute atomic E-state index is 13.3. The molecule has 3 atom stereocenters. The molecule has 0 spiro atoms. The van der Waals surface area contributed by atoms with Gasteiger partial charge in [-0.15, -0.1) is 0 Å². The zero-order chi connectivity index (χ0) is 25.2. The number of amides is 2. The van der Waals surface area contributed by atoms with Crippen molar-refractivity contribution in [2.24, 2.45) is 5.73 Å². The van der Waals surface area contributed by atoms with Gasteiger partial charge in [-0.25, -0.2) is 4.98 Å². The number of benzene rings is 1. The molecule has 2 aliphatic rings. The Balaban J connectivity index is 1.53. The van der Waals surface area contributed by atoms with Crippen molar-refractivity contribution in [2.75, 3.05) is 13.7 Å². The van der Waals surface area contributed by atoms with Crippen LogP contribution in [0, 0.1) is 0 Å². The van der Waals surface area contributed by atoms with Gasteiger partial charge >= 0.3 is 0 Å². The van der Waals surface area contributed by atoms with Gasteiger partial charge in [-0.3, -0.25) is 9.59 Å². The fraction of sp³-hybridized carbons (Fsp3) is 0.593. The minimum Gasteiger partial charge on any atom is -0.375 e. The molecule has 1 aliphatic heterocycles. The largest absolute Gasteiger partial charge is 0.375 e. The number of carbonyl (C=O) groups is 2. The smallest absolute Gasteiger partial charge is 0.249 e. The zero-order valence-electron chi connectivity index (χ0n) is 21.4. The van der Waals surface area contributed by atoms with E-state index in [2.05, 4.69) is 59.9 Å². The standard InChI is InChI=1S/C27H39N5O3/c1-27(2,3)19-11-9-18(10-12-19)14-31-17-29-22-13-23(32(15-24(22)31)25(33)16-35-4)26(34)30-21-8-6-5-7-20(21)28/h9-12,17,20-21,23H,5-8,13-16,28H2,1-4H3,(H,30,34). The zero-order valence-corrected chi connectivity index (χ0v) is 21.4. The number of imidazole rings is 1. The number of ether oxygens (including phenoxy) is 1. The topological polar surface area (TPSA) is 102 Å². The summed E-state index contributed by atoms with van der Waals surface area (Å²) in [5.41, 5.74) is 10.6. The van der Waals surface area contributed by atoms with Crippen molar-refractivity contribution in [3.8, 4) is 0 Å². The molecule has 2 amide bonds. The molecule has 0 radical (unpaired) electrons. The molecule has 2 aromatic rings. The Hall–Kier alpha value is -2.71. The van der Waals surface area contributed by atoms with Gasteiger partial charge in [0.1, 0.15) is 12.6 Å². The van der Waals surface area contributed by atoms with E-state index in [9.17, 15) is 9.59 Å². The van der Waals surface area contributed by atoms with E-state index >= 15 is 0 Å². The van der Waals surface area contributed by atoms with Crippen molar-refractivity contribution in [1.29, 1.82) is 0 Å². The van der Waals surface area contributed by atoms with Crippen LogP contribution in [0.25, 0.3) is 0 Å². The highest BCUT2D eigenvalue weighted by atomic mass is 16.5. The number of nitrogens with zero attached hydrogens (tertiary/aromatic N) is 3. The number of nitrogens with two attached hydrogens (primary N) is 1. The first kappa shape index (κ1) is 25.4. The Morgan fingerprint density at radius 3 is 2.54 bits per heavy atom. The minimum atomic E-state index is -0.617. The Morgan fingerprint density at radius 1 is 1.17 bits per heavy atom. The Labute approximate surface area is 208 Å². The number of methoxy groups -OCH3 is 1. The highest BCUT2D eigenvalue weighted by molar-refractivity contribution is 5.89. The Kier molecular flexibility index (Phi) is 7.62. The lowest BCUT2D eigenvalue weighted by Gasteiger charge is -2.37. The van der Waals surface area contributed by atoms with Crippen molar-refractivity contribution in [2.45, 2.75) is 89.5 Å². The summed E-state index contributed by atoms with van der Waals surface area (Å²) >= 11 is 0. The van der Waals surface area contributed by atoms with E-state index in [1.807, 2.05) is 6.33 Å². The Morgan fingerprint density at radius 2 is 1.89 bits per heavy atom. The summed E-state index contributed by atoms with van der Waals surface area (Å²) in [6.45, 7) is 7.53. The third-order valence-electron chi connectivity index (χ3n) is 7.33. The average molecular weight is 482 g/mol. The van der Waals surface area contributed by atoms with E-state index in [1.54, 1.807) is 4.90 Å². The van der Waals surface area contributed by atoms with Crippen molar-refractivity contribution in [3.63, 3.8) is 0 Å². The van der Waals surface area contributed by atoms with Crippen LogP contribution >= 0.6 is 0 Å². The molecule has 1 aromatic carbocycles. The SMILES string of the molecule is COCC(=O)N1Cc2c(ncn2Cc2ccc(C(C)(C)C)cc2)CC1C(=O)NC1CCCCC1N. The molecule has 1 aromatic heterocycles. The van der Waals surface area contributed by atoms with Gasteiger partial charge < -0.3 is 25.3 Å². The number of hydrogen-bond donors (Lipinski definition) is 2. The van der Waals surface area contributed by atoms with Crippen molar-refractivity contribution in [1.82, 2.24) is 19.8 Å². The number of aromatic nitrogens is 2. The normalized spacial score (nSPS) is 22.5. The van der Waals surface area contributed by atoms with Crippen molar-refractivity contribution in [3.05, 3.63) is 53.1 Å². The fourth-order valence-electron chi connectivity index (χ4n) is 5.13. The molecule has 8 nitrogen and oxygen atoms in total. The van der Waals surface area contributed by atoms with Crippen molar-refractivity contribution >= 4 is 11.8 Å². The molecular weight excluding hydrogens is 442 g/mol. The summed E-state index contributed by atoms with van der Waals surface area (Å²) < 4.78 is 7.20. The van der Waals surface area contributed by atoms with E-state index in [1.165, 1.54) is 18.2 Å². The lowest BCUT2D eigenvalue weighted by atomic mass is 9.87. The summed E-state index contributed by atoms with van der Waals surface area (Å²) in [6.07, 6.45) is 6.13. The van der Waals surface area contributed by atoms with Gasteiger partial charge in [-0.2, -0.15) is 0 Å². The highest BCUT2D eigenvalue weighted by Crippen LogP contribution is 2.26. The number of rotatable bonds is 6. The number of carbonyl (C=O) groups excluding carboxylic acids is 2. The molecule has 35 heavy (non-hydrogen) atoms. The van der Waals surface area contributed by atoms with Crippen LogP contribution in [0.1, 0.15) is 69.0 Å². The third-order valence-corrected chi connectivity index (χ3v) is 7.33. The van der Waals surface area contributed by atoms with E-state index in [-0.39, 0.29) is 35.9 Å². The number of nitrogens with one attached hydrogen (secondary N) is 1. The molecule has 4 rings (SSSR count). The maximum Gasteiger partial charge on any atom is 0.249 e. The molecular formula is C27H39N5O3. The number of fused-ring (bicyclic) bond motifs is 1. The average Bonchev–Trinajstić information content (AvgIpc) is 3.21. The molecule has 2 heterocycles. The van der Waals surface area contributed by atoms with E-state index < -0.39 is 6.04 Å². The molecule has 190 valence electrons. The molecule has 0 bridgehead atoms. The predicted octanol–water partition coefficient (Wildman–Crippen LogP) is 2.51. The predicted molar refractivity (Wildman–Crippen MR) is 135 cm³/mol. The summed E-state index contributed by atoms with van der Waals surface area (Å²) in [5, 5.41) is 3.13. The van der Waals surface area contributed by atoms with Gasteiger partial charge in [0.2, 0.25) is 11.8 Å². The molecule has 1 aliphatic carbocycles. The van der Waals surface area contributed by atoms with Crippen LogP contribution in [0.4, 0.5) is 0 Å². The van der Waals surface area contributed by atoms with Gasteiger partial charge in [-0.1, -0.05) is 57.9 Å². The molecule has 8 heteroatoms. The van der Waals surface area contributed by atoms with E-state index in [0.717, 1.165) is 37.1 Å². The Bertz CT molecular complexity index is 1040. The lowest BCUT2D eigenvalue weighted by molar-refractivity contribution is -0.145. The van der Waals surface area contributed by atoms with Crippen LogP contribution in [-0.2, 0) is 39.3 Å². The first-order chi connectivity index (χ1) is 16.7. The van der Waals surface area contributed by atoms with Crippen LogP contribution < -0.4 is 11.1 Å². The van der Waals surface area contributed by atoms with Crippen LogP contribution in [0.15, 0.2) is 30.6 Å². The van der Waals surface area contributed by atoms with Gasteiger partial charge in [0.05, 0.1) is 24.3 Å². The summed E-state index contributed by atoms with van der Waals surface area (Å²) in [4.78, 5) is 32.6. The van der Waals surface area contributed by atoms with Crippen LogP contribution in [0.5, 0.6) is 0 Å². The fourth-order valence-corrected chi connectivity index (χ4v) is 5.13. The summed E-state index contributed by atoms with van der Waals surface area (Å²) in [7, 11) is 1.49. The number of hydrogen-bond acceptors (Lipinski definition) is 5. The second kappa shape index (κ2) is 10.5. The maximum atomic E-state index is 13.3. The van der Waals surface area contributed by atoms with Gasteiger partial charge in [0.25, 0.3) is 0 Å². The van der Waals surface area contributed by atoms with Crippen molar-refractivity contribution < 1.29 is 14.3 Å². The van der Waals surface area contributed by atoms with E-state index in [4.69, 9.17) is 10.5 Å². The lowest BCUT2D eigenvalue weighted by Crippen LogP contribution is -2.58. The van der Waals surface area contributed by atoms with E-state index in [0.29, 0.717) is 19.5 Å². The highest BCUT2D eigenvalue weighted by Gasteiger charge is 2.38.